The summed E-state index contributed by atoms with van der Waals surface area (Å²) in [6.45, 7) is 2.81. The lowest BCUT2D eigenvalue weighted by molar-refractivity contribution is -0.386. The molecule has 0 unspecified atom stereocenters. The highest BCUT2D eigenvalue weighted by Crippen LogP contribution is 2.37. The summed E-state index contributed by atoms with van der Waals surface area (Å²) in [5.74, 6) is -0.105. The van der Waals surface area contributed by atoms with Crippen LogP contribution < -0.4 is 14.9 Å². The number of methoxy groups -OCH3 is 1. The number of hydrogen-bond acceptors (Lipinski definition) is 7. The molecular weight excluding hydrogens is 513 g/mol. The number of hydrazone groups is 1. The summed E-state index contributed by atoms with van der Waals surface area (Å²) in [6, 6.07) is 9.64. The number of carbonyl (C=O) groups excluding carboxylic acids is 1. The summed E-state index contributed by atoms with van der Waals surface area (Å²) in [6.07, 6.45) is 1.40. The van der Waals surface area contributed by atoms with Gasteiger partial charge in [-0.2, -0.15) is 10.2 Å². The van der Waals surface area contributed by atoms with E-state index in [1.165, 1.54) is 37.9 Å². The quantitative estimate of drug-likeness (QED) is 0.251. The summed E-state index contributed by atoms with van der Waals surface area (Å²) in [5.41, 5.74) is 3.74. The van der Waals surface area contributed by atoms with Gasteiger partial charge in [0.2, 0.25) is 0 Å². The summed E-state index contributed by atoms with van der Waals surface area (Å²) in [7, 11) is 1.47. The Balaban J connectivity index is 1.66. The number of aromatic nitrogens is 2. The molecule has 1 amide bonds. The first-order valence-corrected chi connectivity index (χ1v) is 10.7. The number of nitrogens with zero attached hydrogens (tertiary/aromatic N) is 4. The molecule has 3 rings (SSSR count). The molecule has 1 aromatic heterocycles. The van der Waals surface area contributed by atoms with Crippen molar-refractivity contribution >= 4 is 33.7 Å². The maximum Gasteiger partial charge on any atom is 0.312 e. The minimum atomic E-state index is -0.529. The Bertz CT molecular complexity index is 1260. The molecular formula is C22H21BrFN5O5. The maximum atomic E-state index is 13.8. The van der Waals surface area contributed by atoms with Crippen molar-refractivity contribution in [1.82, 2.24) is 15.2 Å². The number of halogens is 2. The molecule has 0 fully saturated rings. The molecule has 0 saturated heterocycles. The molecule has 34 heavy (non-hydrogen) atoms. The van der Waals surface area contributed by atoms with E-state index in [-0.39, 0.29) is 36.0 Å². The Kier molecular flexibility index (Phi) is 7.95. The molecule has 178 valence electrons. The summed E-state index contributed by atoms with van der Waals surface area (Å²) >= 11 is 3.41. The molecule has 0 aliphatic rings. The van der Waals surface area contributed by atoms with Gasteiger partial charge in [0.1, 0.15) is 30.4 Å². The van der Waals surface area contributed by atoms with Gasteiger partial charge in [-0.15, -0.1) is 0 Å². The third kappa shape index (κ3) is 5.76. The topological polar surface area (TPSA) is 121 Å². The van der Waals surface area contributed by atoms with Gasteiger partial charge in [0.15, 0.2) is 11.5 Å². The second-order valence-corrected chi connectivity index (χ2v) is 8.00. The number of nitrogens with one attached hydrogen (secondary N) is 1. The third-order valence-corrected chi connectivity index (χ3v) is 5.39. The first kappa shape index (κ1) is 24.8. The Morgan fingerprint density at radius 1 is 1.35 bits per heavy atom. The van der Waals surface area contributed by atoms with Gasteiger partial charge < -0.3 is 9.47 Å². The summed E-state index contributed by atoms with van der Waals surface area (Å²) in [5, 5.41) is 19.0. The number of amides is 1. The zero-order valence-electron chi connectivity index (χ0n) is 18.5. The van der Waals surface area contributed by atoms with E-state index in [4.69, 9.17) is 9.47 Å². The van der Waals surface area contributed by atoms with Crippen LogP contribution in [0, 0.1) is 29.8 Å². The minimum Gasteiger partial charge on any atom is -0.493 e. The highest BCUT2D eigenvalue weighted by Gasteiger charge is 2.22. The number of ether oxygens (including phenoxy) is 2. The van der Waals surface area contributed by atoms with E-state index in [1.807, 2.05) is 0 Å². The van der Waals surface area contributed by atoms with Crippen molar-refractivity contribution in [3.63, 3.8) is 0 Å². The van der Waals surface area contributed by atoms with E-state index in [2.05, 4.69) is 31.6 Å². The summed E-state index contributed by atoms with van der Waals surface area (Å²) < 4.78 is 26.8. The Morgan fingerprint density at radius 2 is 2.09 bits per heavy atom. The smallest absolute Gasteiger partial charge is 0.312 e. The second-order valence-electron chi connectivity index (χ2n) is 7.14. The van der Waals surface area contributed by atoms with Gasteiger partial charge in [0, 0.05) is 5.56 Å². The van der Waals surface area contributed by atoms with E-state index >= 15 is 0 Å². The molecule has 0 bridgehead atoms. The van der Waals surface area contributed by atoms with Crippen molar-refractivity contribution in [1.29, 1.82) is 0 Å². The molecule has 2 aromatic carbocycles. The van der Waals surface area contributed by atoms with Crippen molar-refractivity contribution in [2.24, 2.45) is 5.10 Å². The Hall–Kier alpha value is -3.80. The van der Waals surface area contributed by atoms with Crippen molar-refractivity contribution in [3.8, 4) is 11.5 Å². The van der Waals surface area contributed by atoms with Crippen molar-refractivity contribution in [2.45, 2.75) is 27.0 Å². The number of carbonyl (C=O) groups is 1. The lowest BCUT2D eigenvalue weighted by Crippen LogP contribution is -2.24. The molecule has 0 saturated carbocycles. The highest BCUT2D eigenvalue weighted by atomic mass is 79.9. The van der Waals surface area contributed by atoms with Gasteiger partial charge in [-0.3, -0.25) is 19.6 Å². The molecule has 0 aliphatic heterocycles. The van der Waals surface area contributed by atoms with Gasteiger partial charge in [-0.05, 0) is 53.5 Å². The zero-order valence-corrected chi connectivity index (χ0v) is 20.1. The molecule has 0 spiro atoms. The van der Waals surface area contributed by atoms with Crippen LogP contribution in [0.25, 0.3) is 0 Å². The van der Waals surface area contributed by atoms with Gasteiger partial charge in [0.25, 0.3) is 5.91 Å². The Labute approximate surface area is 202 Å². The number of benzene rings is 2. The van der Waals surface area contributed by atoms with Gasteiger partial charge >= 0.3 is 5.69 Å². The lowest BCUT2D eigenvalue weighted by atomic mass is 10.2. The SMILES string of the molecule is COc1cc(C=NNC(=O)Cn2nc(C)c([N+](=O)[O-])c2C)cc(Br)c1OCc1ccccc1F. The van der Waals surface area contributed by atoms with E-state index in [0.29, 0.717) is 27.1 Å². The average molecular weight is 534 g/mol. The molecule has 1 N–H and O–H groups in total. The monoisotopic (exact) mass is 533 g/mol. The predicted octanol–water partition coefficient (Wildman–Crippen LogP) is 4.05. The Morgan fingerprint density at radius 3 is 2.74 bits per heavy atom. The third-order valence-electron chi connectivity index (χ3n) is 4.80. The fourth-order valence-electron chi connectivity index (χ4n) is 3.18. The highest BCUT2D eigenvalue weighted by molar-refractivity contribution is 9.10. The first-order valence-electron chi connectivity index (χ1n) is 9.95. The van der Waals surface area contributed by atoms with Crippen LogP contribution in [0.5, 0.6) is 11.5 Å². The van der Waals surface area contributed by atoms with Crippen LogP contribution in [0.4, 0.5) is 10.1 Å². The largest absolute Gasteiger partial charge is 0.493 e. The van der Waals surface area contributed by atoms with Gasteiger partial charge in [-0.1, -0.05) is 18.2 Å². The average Bonchev–Trinajstić information content (AvgIpc) is 3.06. The standard InChI is InChI=1S/C22H21BrFN5O5/c1-13-21(29(31)32)14(2)28(27-13)11-20(30)26-25-10-15-8-17(23)22(19(9-15)33-3)34-12-16-6-4-5-7-18(16)24/h4-10H,11-12H2,1-3H3,(H,26,30). The van der Waals surface area contributed by atoms with Crippen LogP contribution >= 0.6 is 15.9 Å². The normalized spacial score (nSPS) is 11.0. The molecule has 10 nitrogen and oxygen atoms in total. The fraction of sp³-hybridized carbons (Fsp3) is 0.227. The molecule has 0 radical (unpaired) electrons. The number of hydrogen-bond donors (Lipinski definition) is 1. The molecule has 3 aromatic rings. The number of nitro groups is 1. The summed E-state index contributed by atoms with van der Waals surface area (Å²) in [4.78, 5) is 22.8. The maximum absolute atomic E-state index is 13.8. The van der Waals surface area contributed by atoms with Crippen LogP contribution in [0.2, 0.25) is 0 Å². The minimum absolute atomic E-state index is 0.00953. The van der Waals surface area contributed by atoms with Crippen molar-refractivity contribution in [2.75, 3.05) is 7.11 Å². The van der Waals surface area contributed by atoms with Crippen LogP contribution in [0.15, 0.2) is 46.0 Å². The van der Waals surface area contributed by atoms with Crippen molar-refractivity contribution < 1.29 is 23.6 Å². The van der Waals surface area contributed by atoms with Gasteiger partial charge in [-0.25, -0.2) is 9.82 Å². The van der Waals surface area contributed by atoms with Crippen LogP contribution in [-0.4, -0.2) is 33.9 Å². The predicted molar refractivity (Wildman–Crippen MR) is 126 cm³/mol. The zero-order chi connectivity index (χ0) is 24.8. The van der Waals surface area contributed by atoms with Crippen LogP contribution in [0.3, 0.4) is 0 Å². The van der Waals surface area contributed by atoms with E-state index < -0.39 is 10.8 Å². The van der Waals surface area contributed by atoms with Gasteiger partial charge in [0.05, 0.1) is 22.7 Å². The first-order chi connectivity index (χ1) is 16.2. The van der Waals surface area contributed by atoms with E-state index in [1.54, 1.807) is 30.3 Å². The second kappa shape index (κ2) is 10.9. The van der Waals surface area contributed by atoms with E-state index in [0.717, 1.165) is 0 Å². The molecule has 0 aliphatic carbocycles. The number of rotatable bonds is 9. The molecule has 1 heterocycles. The van der Waals surface area contributed by atoms with Crippen LogP contribution in [0.1, 0.15) is 22.5 Å². The number of aryl methyl sites for hydroxylation is 1. The molecule has 12 heteroatoms. The molecule has 0 atom stereocenters. The van der Waals surface area contributed by atoms with Crippen LogP contribution in [-0.2, 0) is 17.9 Å². The van der Waals surface area contributed by atoms with E-state index in [9.17, 15) is 19.3 Å². The van der Waals surface area contributed by atoms with Crippen molar-refractivity contribution in [3.05, 3.63) is 79.3 Å². The fourth-order valence-corrected chi connectivity index (χ4v) is 3.75. The lowest BCUT2D eigenvalue weighted by Gasteiger charge is -2.14.